The van der Waals surface area contributed by atoms with E-state index < -0.39 is 5.97 Å². The third-order valence-electron chi connectivity index (χ3n) is 2.75. The molecule has 0 aromatic heterocycles. The predicted octanol–water partition coefficient (Wildman–Crippen LogP) is 1.59. The second kappa shape index (κ2) is 1.76. The lowest BCUT2D eigenvalue weighted by Crippen LogP contribution is -2.10. The highest BCUT2D eigenvalue weighted by Crippen LogP contribution is 2.60. The Bertz CT molecular complexity index is 275. The van der Waals surface area contributed by atoms with Gasteiger partial charge in [-0.05, 0) is 12.3 Å². The molecule has 1 N–H and O–H groups in total. The van der Waals surface area contributed by atoms with E-state index in [9.17, 15) is 4.79 Å². The number of allylic oxidation sites excluding steroid dienone is 3. The van der Waals surface area contributed by atoms with E-state index in [0.29, 0.717) is 11.5 Å². The molecule has 0 aromatic carbocycles. The van der Waals surface area contributed by atoms with Crippen molar-refractivity contribution in [1.82, 2.24) is 0 Å². The summed E-state index contributed by atoms with van der Waals surface area (Å²) in [6.45, 7) is 2.09. The Kier molecular flexibility index (Phi) is 1.06. The maximum atomic E-state index is 10.7. The van der Waals surface area contributed by atoms with Crippen LogP contribution in [0.3, 0.4) is 0 Å². The van der Waals surface area contributed by atoms with Gasteiger partial charge in [0.05, 0.1) is 0 Å². The summed E-state index contributed by atoms with van der Waals surface area (Å²) in [7, 11) is 0. The average Bonchev–Trinajstić information content (AvgIpc) is 2.45. The predicted molar refractivity (Wildman–Crippen MR) is 41.1 cm³/mol. The van der Waals surface area contributed by atoms with E-state index >= 15 is 0 Å². The highest BCUT2D eigenvalue weighted by Gasteiger charge is 2.55. The van der Waals surface area contributed by atoms with Gasteiger partial charge in [-0.2, -0.15) is 0 Å². The molecule has 2 aliphatic rings. The minimum atomic E-state index is -0.764. The second-order valence-corrected chi connectivity index (χ2v) is 3.39. The number of carboxylic acids is 1. The third kappa shape index (κ3) is 0.694. The summed E-state index contributed by atoms with van der Waals surface area (Å²) in [5, 5.41) is 8.80. The molecule has 0 bridgehead atoms. The molecule has 2 atom stereocenters. The first-order valence-corrected chi connectivity index (χ1v) is 3.80. The molecule has 0 saturated heterocycles. The summed E-state index contributed by atoms with van der Waals surface area (Å²) in [5.74, 6) is -0.247. The van der Waals surface area contributed by atoms with Crippen molar-refractivity contribution in [1.29, 1.82) is 0 Å². The van der Waals surface area contributed by atoms with E-state index in [1.54, 1.807) is 6.08 Å². The van der Waals surface area contributed by atoms with Gasteiger partial charge in [-0.1, -0.05) is 25.2 Å². The maximum absolute atomic E-state index is 10.7. The third-order valence-corrected chi connectivity index (χ3v) is 2.75. The summed E-state index contributed by atoms with van der Waals surface area (Å²) >= 11 is 0. The summed E-state index contributed by atoms with van der Waals surface area (Å²) < 4.78 is 0. The summed E-state index contributed by atoms with van der Waals surface area (Å²) in [6, 6.07) is 0. The van der Waals surface area contributed by atoms with Crippen molar-refractivity contribution in [2.45, 2.75) is 13.3 Å². The van der Waals surface area contributed by atoms with Crippen LogP contribution in [0.5, 0.6) is 0 Å². The van der Waals surface area contributed by atoms with E-state index in [1.807, 2.05) is 12.2 Å². The molecule has 1 saturated carbocycles. The topological polar surface area (TPSA) is 37.3 Å². The van der Waals surface area contributed by atoms with Gasteiger partial charge in [0, 0.05) is 11.0 Å². The van der Waals surface area contributed by atoms with Crippen molar-refractivity contribution in [3.63, 3.8) is 0 Å². The second-order valence-electron chi connectivity index (χ2n) is 3.39. The standard InChI is InChI=1S/C9H10O2/c1-6-5-9(6)4-2-3-7(9)8(10)11/h2-4,6H,5H2,1H3,(H,10,11). The minimum Gasteiger partial charge on any atom is -0.478 e. The Labute approximate surface area is 65.2 Å². The molecule has 58 valence electrons. The van der Waals surface area contributed by atoms with Crippen LogP contribution in [0.15, 0.2) is 23.8 Å². The molecule has 2 heteroatoms. The largest absolute Gasteiger partial charge is 0.478 e. The fraction of sp³-hybridized carbons (Fsp3) is 0.444. The number of aliphatic carboxylic acids is 1. The highest BCUT2D eigenvalue weighted by molar-refractivity contribution is 5.91. The Balaban J connectivity index is 2.32. The lowest BCUT2D eigenvalue weighted by Gasteiger charge is -2.06. The van der Waals surface area contributed by atoms with Crippen molar-refractivity contribution < 1.29 is 9.90 Å². The van der Waals surface area contributed by atoms with Crippen molar-refractivity contribution in [2.24, 2.45) is 11.3 Å². The van der Waals surface area contributed by atoms with Gasteiger partial charge in [-0.15, -0.1) is 0 Å². The lowest BCUT2D eigenvalue weighted by atomic mass is 9.97. The molecule has 2 nitrogen and oxygen atoms in total. The monoisotopic (exact) mass is 150 g/mol. The first kappa shape index (κ1) is 6.65. The van der Waals surface area contributed by atoms with Crippen molar-refractivity contribution >= 4 is 5.97 Å². The molecule has 2 aliphatic carbocycles. The quantitative estimate of drug-likeness (QED) is 0.616. The molecule has 2 unspecified atom stereocenters. The Morgan fingerprint density at radius 3 is 2.82 bits per heavy atom. The van der Waals surface area contributed by atoms with E-state index in [1.165, 1.54) is 0 Å². The normalized spacial score (nSPS) is 39.4. The van der Waals surface area contributed by atoms with Gasteiger partial charge in [-0.3, -0.25) is 0 Å². The van der Waals surface area contributed by atoms with Gasteiger partial charge in [0.2, 0.25) is 0 Å². The molecule has 0 radical (unpaired) electrons. The van der Waals surface area contributed by atoms with Crippen LogP contribution in [-0.4, -0.2) is 11.1 Å². The van der Waals surface area contributed by atoms with Crippen LogP contribution in [0, 0.1) is 11.3 Å². The van der Waals surface area contributed by atoms with Gasteiger partial charge in [0.25, 0.3) is 0 Å². The molecule has 1 fully saturated rings. The number of hydrogen-bond donors (Lipinski definition) is 1. The van der Waals surface area contributed by atoms with Gasteiger partial charge < -0.3 is 5.11 Å². The fourth-order valence-corrected chi connectivity index (χ4v) is 1.89. The van der Waals surface area contributed by atoms with Crippen molar-refractivity contribution in [2.75, 3.05) is 0 Å². The molecular formula is C9H10O2. The Morgan fingerprint density at radius 2 is 2.45 bits per heavy atom. The van der Waals surface area contributed by atoms with E-state index in [0.717, 1.165) is 6.42 Å². The molecule has 0 amide bonds. The van der Waals surface area contributed by atoms with Gasteiger partial charge >= 0.3 is 5.97 Å². The van der Waals surface area contributed by atoms with Crippen LogP contribution in [0.4, 0.5) is 0 Å². The number of rotatable bonds is 1. The first-order valence-electron chi connectivity index (χ1n) is 3.80. The fourth-order valence-electron chi connectivity index (χ4n) is 1.89. The zero-order valence-corrected chi connectivity index (χ0v) is 6.37. The number of hydrogen-bond acceptors (Lipinski definition) is 1. The maximum Gasteiger partial charge on any atom is 0.332 e. The van der Waals surface area contributed by atoms with Crippen molar-refractivity contribution in [3.05, 3.63) is 23.8 Å². The summed E-state index contributed by atoms with van der Waals surface area (Å²) in [6.07, 6.45) is 6.58. The molecule has 2 rings (SSSR count). The summed E-state index contributed by atoms with van der Waals surface area (Å²) in [5.41, 5.74) is 0.497. The van der Waals surface area contributed by atoms with Crippen LogP contribution < -0.4 is 0 Å². The molecular weight excluding hydrogens is 140 g/mol. The van der Waals surface area contributed by atoms with E-state index in [2.05, 4.69) is 6.92 Å². The molecule has 11 heavy (non-hydrogen) atoms. The smallest absolute Gasteiger partial charge is 0.332 e. The van der Waals surface area contributed by atoms with Crippen LogP contribution in [-0.2, 0) is 4.79 Å². The van der Waals surface area contributed by atoms with Gasteiger partial charge in [0.15, 0.2) is 0 Å². The van der Waals surface area contributed by atoms with E-state index in [4.69, 9.17) is 5.11 Å². The Hall–Kier alpha value is -1.05. The van der Waals surface area contributed by atoms with Crippen LogP contribution in [0.25, 0.3) is 0 Å². The SMILES string of the molecule is CC1CC12C=CC=C2C(=O)O. The molecule has 1 spiro atoms. The summed E-state index contributed by atoms with van der Waals surface area (Å²) in [4.78, 5) is 10.7. The molecule has 0 heterocycles. The average molecular weight is 150 g/mol. The zero-order chi connectivity index (χ0) is 8.06. The van der Waals surface area contributed by atoms with Crippen LogP contribution in [0.1, 0.15) is 13.3 Å². The number of carboxylic acid groups (broad SMARTS) is 1. The van der Waals surface area contributed by atoms with Crippen LogP contribution in [0.2, 0.25) is 0 Å². The van der Waals surface area contributed by atoms with Crippen LogP contribution >= 0.6 is 0 Å². The van der Waals surface area contributed by atoms with Gasteiger partial charge in [0.1, 0.15) is 0 Å². The zero-order valence-electron chi connectivity index (χ0n) is 6.37. The Morgan fingerprint density at radius 1 is 1.82 bits per heavy atom. The van der Waals surface area contributed by atoms with Crippen molar-refractivity contribution in [3.8, 4) is 0 Å². The first-order chi connectivity index (χ1) is 5.17. The highest BCUT2D eigenvalue weighted by atomic mass is 16.4. The number of carbonyl (C=O) groups is 1. The minimum absolute atomic E-state index is 0.0775. The van der Waals surface area contributed by atoms with E-state index in [-0.39, 0.29) is 5.41 Å². The molecule has 0 aliphatic heterocycles. The van der Waals surface area contributed by atoms with Gasteiger partial charge in [-0.25, -0.2) is 4.79 Å². The lowest BCUT2D eigenvalue weighted by molar-refractivity contribution is -0.133. The molecule has 0 aromatic rings.